The van der Waals surface area contributed by atoms with Crippen molar-refractivity contribution in [2.45, 2.75) is 25.8 Å². The molecule has 1 rings (SSSR count). The van der Waals surface area contributed by atoms with E-state index in [1.807, 2.05) is 7.05 Å². The molecule has 0 saturated heterocycles. The van der Waals surface area contributed by atoms with Gasteiger partial charge in [0, 0.05) is 19.0 Å². The van der Waals surface area contributed by atoms with Gasteiger partial charge in [0.05, 0.1) is 6.54 Å². The molecule has 0 bridgehead atoms. The SMILES string of the molecule is CC(C)C(Cl)CNCc1ncnn1C. The van der Waals surface area contributed by atoms with Crippen LogP contribution in [0.2, 0.25) is 0 Å². The summed E-state index contributed by atoms with van der Waals surface area (Å²) in [5.74, 6) is 1.42. The number of aryl methyl sites for hydroxylation is 1. The molecule has 0 spiro atoms. The molecule has 1 N–H and O–H groups in total. The fourth-order valence-corrected chi connectivity index (χ4v) is 1.15. The number of rotatable bonds is 5. The highest BCUT2D eigenvalue weighted by atomic mass is 35.5. The molecule has 80 valence electrons. The van der Waals surface area contributed by atoms with E-state index in [2.05, 4.69) is 29.2 Å². The monoisotopic (exact) mass is 216 g/mol. The van der Waals surface area contributed by atoms with Crippen LogP contribution in [0.3, 0.4) is 0 Å². The number of nitrogens with zero attached hydrogens (tertiary/aromatic N) is 3. The Morgan fingerprint density at radius 3 is 2.79 bits per heavy atom. The van der Waals surface area contributed by atoms with Crippen LogP contribution in [0.25, 0.3) is 0 Å². The molecule has 0 aliphatic carbocycles. The highest BCUT2D eigenvalue weighted by Gasteiger charge is 2.09. The summed E-state index contributed by atoms with van der Waals surface area (Å²) in [6.45, 7) is 5.74. The molecule has 14 heavy (non-hydrogen) atoms. The summed E-state index contributed by atoms with van der Waals surface area (Å²) in [5, 5.41) is 7.41. The average molecular weight is 217 g/mol. The third kappa shape index (κ3) is 3.27. The number of hydrogen-bond donors (Lipinski definition) is 1. The van der Waals surface area contributed by atoms with E-state index in [1.54, 1.807) is 11.0 Å². The number of alkyl halides is 1. The molecule has 0 fully saturated rings. The smallest absolute Gasteiger partial charge is 0.140 e. The Bertz CT molecular complexity index is 272. The summed E-state index contributed by atoms with van der Waals surface area (Å²) in [6, 6.07) is 0. The van der Waals surface area contributed by atoms with Gasteiger partial charge in [-0.3, -0.25) is 4.68 Å². The third-order valence-electron chi connectivity index (χ3n) is 2.15. The molecule has 1 heterocycles. The van der Waals surface area contributed by atoms with Crippen molar-refractivity contribution in [3.63, 3.8) is 0 Å². The zero-order valence-corrected chi connectivity index (χ0v) is 9.62. The molecule has 0 aliphatic rings. The fraction of sp³-hybridized carbons (Fsp3) is 0.778. The lowest BCUT2D eigenvalue weighted by Crippen LogP contribution is -2.27. The second kappa shape index (κ2) is 5.32. The lowest BCUT2D eigenvalue weighted by molar-refractivity contribution is 0.531. The van der Waals surface area contributed by atoms with Crippen molar-refractivity contribution < 1.29 is 0 Å². The minimum atomic E-state index is 0.170. The molecular weight excluding hydrogens is 200 g/mol. The Morgan fingerprint density at radius 1 is 1.57 bits per heavy atom. The molecule has 1 atom stereocenters. The standard InChI is InChI=1S/C9H17ClN4/c1-7(2)8(10)4-11-5-9-12-6-13-14(9)3/h6-8,11H,4-5H2,1-3H3. The Balaban J connectivity index is 2.25. The van der Waals surface area contributed by atoms with Crippen LogP contribution < -0.4 is 5.32 Å². The third-order valence-corrected chi connectivity index (χ3v) is 2.81. The first-order valence-corrected chi connectivity index (χ1v) is 5.22. The molecule has 4 nitrogen and oxygen atoms in total. The highest BCUT2D eigenvalue weighted by molar-refractivity contribution is 6.20. The number of nitrogens with one attached hydrogen (secondary N) is 1. The molecule has 1 aromatic rings. The first-order valence-electron chi connectivity index (χ1n) is 4.79. The lowest BCUT2D eigenvalue weighted by atomic mass is 10.1. The maximum absolute atomic E-state index is 6.09. The summed E-state index contributed by atoms with van der Waals surface area (Å²) in [7, 11) is 1.88. The normalized spacial score (nSPS) is 13.5. The number of hydrogen-bond acceptors (Lipinski definition) is 3. The van der Waals surface area contributed by atoms with Crippen molar-refractivity contribution in [3.05, 3.63) is 12.2 Å². The number of halogens is 1. The topological polar surface area (TPSA) is 42.7 Å². The largest absolute Gasteiger partial charge is 0.308 e. The Labute approximate surface area is 89.7 Å². The van der Waals surface area contributed by atoms with Crippen molar-refractivity contribution in [3.8, 4) is 0 Å². The van der Waals surface area contributed by atoms with Gasteiger partial charge in [-0.1, -0.05) is 13.8 Å². The van der Waals surface area contributed by atoms with Gasteiger partial charge in [-0.15, -0.1) is 11.6 Å². The van der Waals surface area contributed by atoms with Crippen LogP contribution >= 0.6 is 11.6 Å². The quantitative estimate of drug-likeness (QED) is 0.752. The van der Waals surface area contributed by atoms with Crippen LogP contribution in [0.15, 0.2) is 6.33 Å². The second-order valence-electron chi connectivity index (χ2n) is 3.69. The van der Waals surface area contributed by atoms with E-state index in [9.17, 15) is 0 Å². The molecular formula is C9H17ClN4. The maximum atomic E-state index is 6.09. The zero-order valence-electron chi connectivity index (χ0n) is 8.87. The second-order valence-corrected chi connectivity index (χ2v) is 4.25. The van der Waals surface area contributed by atoms with Crippen LogP contribution in [-0.2, 0) is 13.6 Å². The summed E-state index contributed by atoms with van der Waals surface area (Å²) in [4.78, 5) is 4.10. The van der Waals surface area contributed by atoms with Gasteiger partial charge >= 0.3 is 0 Å². The average Bonchev–Trinajstić information content (AvgIpc) is 2.51. The minimum Gasteiger partial charge on any atom is -0.308 e. The van der Waals surface area contributed by atoms with Gasteiger partial charge in [0.15, 0.2) is 0 Å². The zero-order chi connectivity index (χ0) is 10.6. The number of aromatic nitrogens is 3. The molecule has 1 aromatic heterocycles. The van der Waals surface area contributed by atoms with Crippen LogP contribution in [0.4, 0.5) is 0 Å². The predicted molar refractivity (Wildman–Crippen MR) is 57.2 cm³/mol. The van der Waals surface area contributed by atoms with Crippen molar-refractivity contribution in [1.29, 1.82) is 0 Å². The van der Waals surface area contributed by atoms with Crippen molar-refractivity contribution in [2.75, 3.05) is 6.54 Å². The van der Waals surface area contributed by atoms with Gasteiger partial charge in [0.25, 0.3) is 0 Å². The van der Waals surface area contributed by atoms with Crippen LogP contribution in [0, 0.1) is 5.92 Å². The van der Waals surface area contributed by atoms with E-state index in [0.29, 0.717) is 12.5 Å². The lowest BCUT2D eigenvalue weighted by Gasteiger charge is -2.13. The van der Waals surface area contributed by atoms with Gasteiger partial charge in [0.2, 0.25) is 0 Å². The van der Waals surface area contributed by atoms with Crippen molar-refractivity contribution in [1.82, 2.24) is 20.1 Å². The predicted octanol–water partition coefficient (Wildman–Crippen LogP) is 1.17. The van der Waals surface area contributed by atoms with Crippen molar-refractivity contribution >= 4 is 11.6 Å². The molecule has 0 radical (unpaired) electrons. The van der Waals surface area contributed by atoms with Gasteiger partial charge in [-0.2, -0.15) is 5.10 Å². The minimum absolute atomic E-state index is 0.170. The van der Waals surface area contributed by atoms with Gasteiger partial charge in [0.1, 0.15) is 12.2 Å². The summed E-state index contributed by atoms with van der Waals surface area (Å²) in [5.41, 5.74) is 0. The summed E-state index contributed by atoms with van der Waals surface area (Å²) < 4.78 is 1.76. The molecule has 1 unspecified atom stereocenters. The molecule has 0 saturated carbocycles. The van der Waals surface area contributed by atoms with E-state index in [1.165, 1.54) is 0 Å². The first kappa shape index (κ1) is 11.5. The first-order chi connectivity index (χ1) is 6.61. The maximum Gasteiger partial charge on any atom is 0.140 e. The van der Waals surface area contributed by atoms with Crippen LogP contribution in [0.1, 0.15) is 19.7 Å². The Kier molecular flexibility index (Phi) is 4.35. The van der Waals surface area contributed by atoms with E-state index in [0.717, 1.165) is 12.4 Å². The highest BCUT2D eigenvalue weighted by Crippen LogP contribution is 2.07. The van der Waals surface area contributed by atoms with Crippen molar-refractivity contribution in [2.24, 2.45) is 13.0 Å². The van der Waals surface area contributed by atoms with E-state index in [4.69, 9.17) is 11.6 Å². The van der Waals surface area contributed by atoms with Crippen LogP contribution in [0.5, 0.6) is 0 Å². The molecule has 5 heteroatoms. The van der Waals surface area contributed by atoms with Gasteiger partial charge in [-0.25, -0.2) is 4.98 Å². The summed E-state index contributed by atoms with van der Waals surface area (Å²) in [6.07, 6.45) is 1.55. The molecule has 0 amide bonds. The van der Waals surface area contributed by atoms with Crippen LogP contribution in [-0.4, -0.2) is 26.7 Å². The Hall–Kier alpha value is -0.610. The fourth-order valence-electron chi connectivity index (χ4n) is 1.04. The van der Waals surface area contributed by atoms with E-state index < -0.39 is 0 Å². The molecule has 0 aliphatic heterocycles. The van der Waals surface area contributed by atoms with Gasteiger partial charge in [-0.05, 0) is 5.92 Å². The van der Waals surface area contributed by atoms with E-state index in [-0.39, 0.29) is 5.38 Å². The van der Waals surface area contributed by atoms with E-state index >= 15 is 0 Å². The van der Waals surface area contributed by atoms with Gasteiger partial charge < -0.3 is 5.32 Å². The summed E-state index contributed by atoms with van der Waals surface area (Å²) >= 11 is 6.09. The molecule has 0 aromatic carbocycles. The Morgan fingerprint density at radius 2 is 2.29 bits per heavy atom.